The maximum atomic E-state index is 13.9. The third kappa shape index (κ3) is 5.13. The molecule has 1 aromatic carbocycles. The van der Waals surface area contributed by atoms with Crippen LogP contribution >= 0.6 is 12.4 Å². The fourth-order valence-corrected chi connectivity index (χ4v) is 4.45. The first kappa shape index (κ1) is 20.1. The van der Waals surface area contributed by atoms with Crippen molar-refractivity contribution in [3.05, 3.63) is 24.0 Å². The first-order valence-corrected chi connectivity index (χ1v) is 9.71. The van der Waals surface area contributed by atoms with Crippen LogP contribution in [0.2, 0.25) is 0 Å². The number of rotatable bonds is 6. The highest BCUT2D eigenvalue weighted by Gasteiger charge is 2.30. The number of nitrogens with two attached hydrogens (primary N) is 1. The summed E-state index contributed by atoms with van der Waals surface area (Å²) < 4.78 is 40.7. The molecule has 2 aliphatic rings. The molecule has 2 saturated carbocycles. The van der Waals surface area contributed by atoms with E-state index in [1.807, 2.05) is 0 Å². The fourth-order valence-electron chi connectivity index (χ4n) is 3.04. The van der Waals surface area contributed by atoms with Crippen LogP contribution in [0.5, 0.6) is 0 Å². The molecule has 25 heavy (non-hydrogen) atoms. The molecule has 0 radical (unpaired) electrons. The number of hydrogen-bond donors (Lipinski definition) is 3. The predicted molar refractivity (Wildman–Crippen MR) is 95.6 cm³/mol. The van der Waals surface area contributed by atoms with Gasteiger partial charge in [0, 0.05) is 24.2 Å². The van der Waals surface area contributed by atoms with Crippen LogP contribution in [-0.2, 0) is 14.8 Å². The highest BCUT2D eigenvalue weighted by molar-refractivity contribution is 7.89. The first-order valence-electron chi connectivity index (χ1n) is 8.22. The molecule has 140 valence electrons. The molecule has 2 fully saturated rings. The molecule has 0 aromatic heterocycles. The van der Waals surface area contributed by atoms with Crippen molar-refractivity contribution < 1.29 is 17.6 Å². The standard InChI is InChI=1S/C16H22FN3O3S.ClH/c17-13-7-6-12(9-15(13)24(22,23)20-11-4-5-11)19-16(21)8-10-2-1-3-14(10)18;/h6-7,9-11,14,20H,1-5,8,18H2,(H,19,21);1H/t10-,14+;/m0./s1. The molecule has 0 heterocycles. The van der Waals surface area contributed by atoms with Crippen molar-refractivity contribution in [2.45, 2.75) is 55.5 Å². The van der Waals surface area contributed by atoms with Crippen molar-refractivity contribution in [3.63, 3.8) is 0 Å². The van der Waals surface area contributed by atoms with Crippen molar-refractivity contribution >= 4 is 34.0 Å². The highest BCUT2D eigenvalue weighted by Crippen LogP contribution is 2.28. The van der Waals surface area contributed by atoms with Gasteiger partial charge in [0.2, 0.25) is 15.9 Å². The lowest BCUT2D eigenvalue weighted by atomic mass is 10.00. The third-order valence-corrected chi connectivity index (χ3v) is 6.10. The lowest BCUT2D eigenvalue weighted by molar-refractivity contribution is -0.117. The summed E-state index contributed by atoms with van der Waals surface area (Å²) in [5.41, 5.74) is 6.22. The molecule has 0 saturated heterocycles. The largest absolute Gasteiger partial charge is 0.327 e. The Labute approximate surface area is 153 Å². The number of benzene rings is 1. The summed E-state index contributed by atoms with van der Waals surface area (Å²) in [7, 11) is -3.91. The summed E-state index contributed by atoms with van der Waals surface area (Å²) in [6.07, 6.45) is 4.68. The maximum absolute atomic E-state index is 13.9. The van der Waals surface area contributed by atoms with Crippen LogP contribution in [0.15, 0.2) is 23.1 Å². The van der Waals surface area contributed by atoms with Gasteiger partial charge in [0.25, 0.3) is 0 Å². The molecule has 0 unspecified atom stereocenters. The zero-order chi connectivity index (χ0) is 17.3. The minimum Gasteiger partial charge on any atom is -0.327 e. The van der Waals surface area contributed by atoms with Gasteiger partial charge in [-0.15, -0.1) is 12.4 Å². The van der Waals surface area contributed by atoms with Gasteiger partial charge in [0.15, 0.2) is 0 Å². The molecule has 0 aliphatic heterocycles. The Hall–Kier alpha value is -1.22. The number of amides is 1. The number of halogens is 2. The summed E-state index contributed by atoms with van der Waals surface area (Å²) in [6, 6.07) is 3.49. The molecule has 0 bridgehead atoms. The monoisotopic (exact) mass is 391 g/mol. The maximum Gasteiger partial charge on any atom is 0.243 e. The van der Waals surface area contributed by atoms with Crippen LogP contribution in [0.3, 0.4) is 0 Å². The number of hydrogen-bond acceptors (Lipinski definition) is 4. The van der Waals surface area contributed by atoms with E-state index in [-0.39, 0.29) is 42.0 Å². The van der Waals surface area contributed by atoms with Gasteiger partial charge in [-0.05, 0) is 49.8 Å². The van der Waals surface area contributed by atoms with Gasteiger partial charge in [-0.25, -0.2) is 17.5 Å². The van der Waals surface area contributed by atoms with Crippen molar-refractivity contribution in [1.82, 2.24) is 4.72 Å². The van der Waals surface area contributed by atoms with E-state index in [1.54, 1.807) is 0 Å². The molecule has 6 nitrogen and oxygen atoms in total. The highest BCUT2D eigenvalue weighted by atomic mass is 35.5. The minimum atomic E-state index is -3.91. The lowest BCUT2D eigenvalue weighted by Crippen LogP contribution is -2.28. The summed E-state index contributed by atoms with van der Waals surface area (Å²) in [4.78, 5) is 11.7. The first-order chi connectivity index (χ1) is 11.3. The quantitative estimate of drug-likeness (QED) is 0.691. The Morgan fingerprint density at radius 1 is 1.24 bits per heavy atom. The molecular formula is C16H23ClFN3O3S. The molecule has 9 heteroatoms. The molecule has 1 aromatic rings. The number of anilines is 1. The normalized spacial score (nSPS) is 23.1. The predicted octanol–water partition coefficient (Wildman–Crippen LogP) is 2.14. The van der Waals surface area contributed by atoms with E-state index in [4.69, 9.17) is 5.73 Å². The van der Waals surface area contributed by atoms with Gasteiger partial charge in [-0.3, -0.25) is 4.79 Å². The van der Waals surface area contributed by atoms with Crippen LogP contribution in [0, 0.1) is 11.7 Å². The fraction of sp³-hybridized carbons (Fsp3) is 0.562. The Morgan fingerprint density at radius 2 is 1.96 bits per heavy atom. The minimum absolute atomic E-state index is 0. The van der Waals surface area contributed by atoms with Gasteiger partial charge in [-0.1, -0.05) is 6.42 Å². The molecule has 1 amide bonds. The topological polar surface area (TPSA) is 101 Å². The Morgan fingerprint density at radius 3 is 2.56 bits per heavy atom. The Bertz CT molecular complexity index is 740. The zero-order valence-electron chi connectivity index (χ0n) is 13.7. The van der Waals surface area contributed by atoms with Crippen LogP contribution < -0.4 is 15.8 Å². The van der Waals surface area contributed by atoms with E-state index >= 15 is 0 Å². The van der Waals surface area contributed by atoms with E-state index < -0.39 is 20.7 Å². The molecule has 3 rings (SSSR count). The molecule has 2 aliphatic carbocycles. The van der Waals surface area contributed by atoms with Crippen LogP contribution in [0.4, 0.5) is 10.1 Å². The second-order valence-electron chi connectivity index (χ2n) is 6.65. The van der Waals surface area contributed by atoms with Gasteiger partial charge in [-0.2, -0.15) is 0 Å². The SMILES string of the molecule is Cl.N[C@@H]1CCC[C@H]1CC(=O)Nc1ccc(F)c(S(=O)(=O)NC2CC2)c1. The second kappa shape index (κ2) is 7.99. The van der Waals surface area contributed by atoms with E-state index in [0.717, 1.165) is 44.2 Å². The Kier molecular flexibility index (Phi) is 6.42. The van der Waals surface area contributed by atoms with E-state index in [2.05, 4.69) is 10.0 Å². The number of sulfonamides is 1. The average molecular weight is 392 g/mol. The summed E-state index contributed by atoms with van der Waals surface area (Å²) >= 11 is 0. The number of nitrogens with one attached hydrogen (secondary N) is 2. The Balaban J connectivity index is 0.00000225. The van der Waals surface area contributed by atoms with E-state index in [1.165, 1.54) is 6.07 Å². The third-order valence-electron chi connectivity index (χ3n) is 4.57. The van der Waals surface area contributed by atoms with Crippen LogP contribution in [0.25, 0.3) is 0 Å². The van der Waals surface area contributed by atoms with E-state index in [0.29, 0.717) is 6.42 Å². The molecular weight excluding hydrogens is 369 g/mol. The van der Waals surface area contributed by atoms with Crippen molar-refractivity contribution in [2.75, 3.05) is 5.32 Å². The van der Waals surface area contributed by atoms with E-state index in [9.17, 15) is 17.6 Å². The molecule has 4 N–H and O–H groups in total. The summed E-state index contributed by atoms with van der Waals surface area (Å²) in [6.45, 7) is 0. The number of carbonyl (C=O) groups is 1. The van der Waals surface area contributed by atoms with Gasteiger partial charge in [0.1, 0.15) is 10.7 Å². The summed E-state index contributed by atoms with van der Waals surface area (Å²) in [5.74, 6) is -0.924. The van der Waals surface area contributed by atoms with Crippen LogP contribution in [0.1, 0.15) is 38.5 Å². The van der Waals surface area contributed by atoms with Crippen molar-refractivity contribution in [2.24, 2.45) is 11.7 Å². The van der Waals surface area contributed by atoms with Gasteiger partial charge in [0.05, 0.1) is 0 Å². The summed E-state index contributed by atoms with van der Waals surface area (Å²) in [5, 5.41) is 2.64. The molecule has 0 spiro atoms. The van der Waals surface area contributed by atoms with Crippen LogP contribution in [-0.4, -0.2) is 26.4 Å². The number of carbonyl (C=O) groups excluding carboxylic acids is 1. The average Bonchev–Trinajstić information content (AvgIpc) is 3.22. The lowest BCUT2D eigenvalue weighted by Gasteiger charge is -2.15. The smallest absolute Gasteiger partial charge is 0.243 e. The van der Waals surface area contributed by atoms with Crippen molar-refractivity contribution in [1.29, 1.82) is 0 Å². The van der Waals surface area contributed by atoms with Crippen molar-refractivity contribution in [3.8, 4) is 0 Å². The second-order valence-corrected chi connectivity index (χ2v) is 8.33. The van der Waals surface area contributed by atoms with Gasteiger partial charge < -0.3 is 11.1 Å². The zero-order valence-corrected chi connectivity index (χ0v) is 15.3. The van der Waals surface area contributed by atoms with Gasteiger partial charge >= 0.3 is 0 Å². The molecule has 2 atom stereocenters.